The van der Waals surface area contributed by atoms with Gasteiger partial charge in [-0.3, -0.25) is 9.59 Å². The van der Waals surface area contributed by atoms with E-state index >= 15 is 0 Å². The summed E-state index contributed by atoms with van der Waals surface area (Å²) in [6.07, 6.45) is 3.99. The van der Waals surface area contributed by atoms with Crippen molar-refractivity contribution in [1.82, 2.24) is 9.97 Å². The van der Waals surface area contributed by atoms with Gasteiger partial charge in [0.1, 0.15) is 0 Å². The van der Waals surface area contributed by atoms with E-state index in [1.165, 1.54) is 24.9 Å². The molecular formula is C16H16N2O3S. The van der Waals surface area contributed by atoms with Crippen molar-refractivity contribution in [3.05, 3.63) is 64.1 Å². The predicted octanol–water partition coefficient (Wildman–Crippen LogP) is 2.29. The Kier molecular flexibility index (Phi) is 5.97. The zero-order valence-corrected chi connectivity index (χ0v) is 12.9. The average Bonchev–Trinajstić information content (AvgIpc) is 2.52. The van der Waals surface area contributed by atoms with Gasteiger partial charge in [0.2, 0.25) is 0 Å². The van der Waals surface area contributed by atoms with E-state index in [0.717, 1.165) is 5.56 Å². The number of nitrogens with one attached hydrogen (secondary N) is 1. The molecule has 1 aromatic heterocycles. The molecular weight excluding hydrogens is 300 g/mol. The van der Waals surface area contributed by atoms with E-state index in [-0.39, 0.29) is 12.0 Å². The van der Waals surface area contributed by atoms with Crippen LogP contribution in [-0.4, -0.2) is 28.8 Å². The van der Waals surface area contributed by atoms with Crippen LogP contribution >= 0.6 is 11.8 Å². The van der Waals surface area contributed by atoms with Gasteiger partial charge in [0, 0.05) is 11.8 Å². The molecule has 0 atom stereocenters. The van der Waals surface area contributed by atoms with Crippen molar-refractivity contribution in [2.75, 3.05) is 12.9 Å². The quantitative estimate of drug-likeness (QED) is 0.503. The number of hydrogen-bond acceptors (Lipinski definition) is 5. The van der Waals surface area contributed by atoms with Gasteiger partial charge >= 0.3 is 5.97 Å². The first-order chi connectivity index (χ1) is 10.7. The van der Waals surface area contributed by atoms with E-state index < -0.39 is 5.97 Å². The Morgan fingerprint density at radius 3 is 2.86 bits per heavy atom. The number of benzene rings is 1. The third-order valence-corrected chi connectivity index (χ3v) is 3.58. The van der Waals surface area contributed by atoms with Gasteiger partial charge in [0.05, 0.1) is 19.2 Å². The first-order valence-electron chi connectivity index (χ1n) is 6.69. The summed E-state index contributed by atoms with van der Waals surface area (Å²) in [5, 5.41) is 0.490. The monoisotopic (exact) mass is 316 g/mol. The summed E-state index contributed by atoms with van der Waals surface area (Å²) in [5.74, 6) is 0.248. The maximum atomic E-state index is 11.6. The lowest BCUT2D eigenvalue weighted by molar-refractivity contribution is -0.139. The Morgan fingerprint density at radius 1 is 1.36 bits per heavy atom. The van der Waals surface area contributed by atoms with E-state index in [1.54, 1.807) is 0 Å². The van der Waals surface area contributed by atoms with Crippen molar-refractivity contribution in [3.63, 3.8) is 0 Å². The van der Waals surface area contributed by atoms with Crippen LogP contribution in [0.3, 0.4) is 0 Å². The molecule has 1 heterocycles. The van der Waals surface area contributed by atoms with E-state index in [4.69, 9.17) is 0 Å². The third kappa shape index (κ3) is 5.21. The van der Waals surface area contributed by atoms with Gasteiger partial charge < -0.3 is 9.72 Å². The molecule has 114 valence electrons. The second-order valence-corrected chi connectivity index (χ2v) is 5.43. The maximum absolute atomic E-state index is 11.6. The molecule has 5 nitrogen and oxygen atoms in total. The van der Waals surface area contributed by atoms with Crippen molar-refractivity contribution in [2.24, 2.45) is 0 Å². The molecule has 0 aliphatic heterocycles. The van der Waals surface area contributed by atoms with Crippen LogP contribution in [0.1, 0.15) is 11.3 Å². The number of carbonyl (C=O) groups excluding carboxylic acids is 1. The summed E-state index contributed by atoms with van der Waals surface area (Å²) < 4.78 is 4.57. The molecule has 22 heavy (non-hydrogen) atoms. The molecule has 0 amide bonds. The molecule has 0 saturated heterocycles. The number of carbonyl (C=O) groups is 1. The topological polar surface area (TPSA) is 72.1 Å². The summed E-state index contributed by atoms with van der Waals surface area (Å²) in [6.45, 7) is 0. The molecule has 1 N–H and O–H groups in total. The van der Waals surface area contributed by atoms with Crippen molar-refractivity contribution in [3.8, 4) is 0 Å². The molecule has 0 saturated carbocycles. The molecule has 0 unspecified atom stereocenters. The fraction of sp³-hybridized carbons (Fsp3) is 0.188. The highest BCUT2D eigenvalue weighted by molar-refractivity contribution is 7.99. The van der Waals surface area contributed by atoms with Crippen LogP contribution in [0.15, 0.2) is 52.4 Å². The Morgan fingerprint density at radius 2 is 2.14 bits per heavy atom. The number of esters is 1. The number of ether oxygens (including phenoxy) is 1. The van der Waals surface area contributed by atoms with Crippen LogP contribution in [0.2, 0.25) is 0 Å². The van der Waals surface area contributed by atoms with Crippen LogP contribution in [-0.2, 0) is 16.0 Å². The minimum atomic E-state index is -0.418. The van der Waals surface area contributed by atoms with E-state index in [0.29, 0.717) is 16.6 Å². The number of H-pyrrole nitrogens is 1. The van der Waals surface area contributed by atoms with Crippen molar-refractivity contribution < 1.29 is 9.53 Å². The minimum Gasteiger partial charge on any atom is -0.469 e. The second-order valence-electron chi connectivity index (χ2n) is 4.42. The first kappa shape index (κ1) is 16.0. The van der Waals surface area contributed by atoms with E-state index in [9.17, 15) is 9.59 Å². The fourth-order valence-corrected chi connectivity index (χ4v) is 2.44. The highest BCUT2D eigenvalue weighted by Crippen LogP contribution is 2.12. The van der Waals surface area contributed by atoms with E-state index in [1.807, 2.05) is 42.5 Å². The molecule has 0 radical (unpaired) electrons. The highest BCUT2D eigenvalue weighted by atomic mass is 32.2. The lowest BCUT2D eigenvalue weighted by Gasteiger charge is -2.02. The van der Waals surface area contributed by atoms with Crippen LogP contribution in [0.4, 0.5) is 0 Å². The van der Waals surface area contributed by atoms with Crippen LogP contribution in [0.5, 0.6) is 0 Å². The molecule has 0 aliphatic rings. The van der Waals surface area contributed by atoms with Gasteiger partial charge in [-0.25, -0.2) is 4.98 Å². The summed E-state index contributed by atoms with van der Waals surface area (Å²) >= 11 is 1.40. The molecule has 6 heteroatoms. The fourth-order valence-electron chi connectivity index (χ4n) is 1.74. The maximum Gasteiger partial charge on any atom is 0.311 e. The van der Waals surface area contributed by atoms with Gasteiger partial charge in [0.25, 0.3) is 5.56 Å². The average molecular weight is 316 g/mol. The van der Waals surface area contributed by atoms with Crippen LogP contribution < -0.4 is 5.56 Å². The molecule has 2 rings (SSSR count). The standard InChI is InChI=1S/C16H16N2O3S/c1-21-15(20)11-13-10-14(19)18-16(17-13)22-9-5-8-12-6-3-2-4-7-12/h2-8,10H,9,11H2,1H3,(H,17,18,19). The van der Waals surface area contributed by atoms with Crippen LogP contribution in [0, 0.1) is 0 Å². The smallest absolute Gasteiger partial charge is 0.311 e. The van der Waals surface area contributed by atoms with Gasteiger partial charge in [0.15, 0.2) is 5.16 Å². The predicted molar refractivity (Wildman–Crippen MR) is 86.8 cm³/mol. The zero-order valence-electron chi connectivity index (χ0n) is 12.1. The molecule has 0 aliphatic carbocycles. The van der Waals surface area contributed by atoms with Crippen molar-refractivity contribution >= 4 is 23.8 Å². The Labute approximate surface area is 132 Å². The summed E-state index contributed by atoms with van der Waals surface area (Å²) in [7, 11) is 1.31. The molecule has 1 aromatic carbocycles. The molecule has 0 fully saturated rings. The normalized spacial score (nSPS) is 10.8. The number of methoxy groups -OCH3 is 1. The second kappa shape index (κ2) is 8.19. The number of hydrogen-bond donors (Lipinski definition) is 1. The summed E-state index contributed by atoms with van der Waals surface area (Å²) in [4.78, 5) is 29.7. The minimum absolute atomic E-state index is 0.00612. The zero-order chi connectivity index (χ0) is 15.8. The molecule has 0 spiro atoms. The third-order valence-electron chi connectivity index (χ3n) is 2.75. The SMILES string of the molecule is COC(=O)Cc1cc(=O)[nH]c(SCC=Cc2ccccc2)n1. The van der Waals surface area contributed by atoms with Gasteiger partial charge in [-0.2, -0.15) is 0 Å². The Bertz CT molecular complexity index is 711. The summed E-state index contributed by atoms with van der Waals surface area (Å²) in [5.41, 5.74) is 1.25. The number of aromatic nitrogens is 2. The largest absolute Gasteiger partial charge is 0.469 e. The lowest BCUT2D eigenvalue weighted by Crippen LogP contribution is -2.13. The van der Waals surface area contributed by atoms with Gasteiger partial charge in [-0.1, -0.05) is 54.2 Å². The van der Waals surface area contributed by atoms with E-state index in [2.05, 4.69) is 14.7 Å². The molecule has 2 aromatic rings. The highest BCUT2D eigenvalue weighted by Gasteiger charge is 2.07. The van der Waals surface area contributed by atoms with Crippen LogP contribution in [0.25, 0.3) is 6.08 Å². The van der Waals surface area contributed by atoms with Crippen molar-refractivity contribution in [2.45, 2.75) is 11.6 Å². The first-order valence-corrected chi connectivity index (χ1v) is 7.67. The number of rotatable bonds is 6. The molecule has 0 bridgehead atoms. The Hall–Kier alpha value is -2.34. The van der Waals surface area contributed by atoms with Gasteiger partial charge in [-0.05, 0) is 5.56 Å². The van der Waals surface area contributed by atoms with Gasteiger partial charge in [-0.15, -0.1) is 0 Å². The number of aromatic amines is 1. The Balaban J connectivity index is 1.96. The summed E-state index contributed by atoms with van der Waals surface area (Å²) in [6, 6.07) is 11.2. The van der Waals surface area contributed by atoms with Crippen molar-refractivity contribution in [1.29, 1.82) is 0 Å². The lowest BCUT2D eigenvalue weighted by atomic mass is 10.2. The number of nitrogens with zero attached hydrogens (tertiary/aromatic N) is 1. The number of thioether (sulfide) groups is 1.